The highest BCUT2D eigenvalue weighted by molar-refractivity contribution is 6.06. The molecule has 3 aliphatic rings. The lowest BCUT2D eigenvalue weighted by atomic mass is 9.85. The van der Waals surface area contributed by atoms with E-state index < -0.39 is 0 Å². The molecule has 1 aromatic heterocycles. The SMILES string of the molecule is CN=C(NCCc1cnn(-c2ccccc2)c1)NCCN1C(=O)C2C3C=CC(C3)C2C1=O. The van der Waals surface area contributed by atoms with Gasteiger partial charge in [-0.25, -0.2) is 4.68 Å². The number of guanidine groups is 1. The molecule has 0 radical (unpaired) electrons. The van der Waals surface area contributed by atoms with Crippen LogP contribution in [0.15, 0.2) is 59.9 Å². The Labute approximate surface area is 187 Å². The lowest BCUT2D eigenvalue weighted by Crippen LogP contribution is -2.44. The van der Waals surface area contributed by atoms with Gasteiger partial charge in [0, 0.05) is 32.9 Å². The van der Waals surface area contributed by atoms with Crippen LogP contribution in [0.1, 0.15) is 12.0 Å². The normalized spacial score (nSPS) is 26.2. The number of nitrogens with zero attached hydrogens (tertiary/aromatic N) is 4. The van der Waals surface area contributed by atoms with Crippen molar-refractivity contribution in [2.24, 2.45) is 28.7 Å². The van der Waals surface area contributed by atoms with Crippen molar-refractivity contribution in [1.82, 2.24) is 25.3 Å². The molecule has 2 bridgehead atoms. The number of para-hydroxylation sites is 1. The maximum Gasteiger partial charge on any atom is 0.233 e. The fraction of sp³-hybridized carbons (Fsp3) is 0.417. The van der Waals surface area contributed by atoms with Gasteiger partial charge in [0.15, 0.2) is 5.96 Å². The van der Waals surface area contributed by atoms with Gasteiger partial charge in [0.2, 0.25) is 11.8 Å². The number of benzene rings is 1. The third kappa shape index (κ3) is 3.70. The second kappa shape index (κ2) is 8.61. The summed E-state index contributed by atoms with van der Waals surface area (Å²) in [4.78, 5) is 31.2. The van der Waals surface area contributed by atoms with Crippen LogP contribution in [-0.2, 0) is 16.0 Å². The first-order valence-corrected chi connectivity index (χ1v) is 11.2. The monoisotopic (exact) mass is 432 g/mol. The first-order chi connectivity index (χ1) is 15.7. The lowest BCUT2D eigenvalue weighted by Gasteiger charge is -2.18. The number of likely N-dealkylation sites (tertiary alicyclic amines) is 1. The fourth-order valence-electron chi connectivity index (χ4n) is 5.23. The van der Waals surface area contributed by atoms with Crippen LogP contribution in [-0.4, -0.2) is 59.1 Å². The molecule has 8 heteroatoms. The van der Waals surface area contributed by atoms with Crippen molar-refractivity contribution >= 4 is 17.8 Å². The number of rotatable bonds is 7. The molecule has 2 amide bonds. The van der Waals surface area contributed by atoms with E-state index in [1.54, 1.807) is 7.05 Å². The van der Waals surface area contributed by atoms with Crippen molar-refractivity contribution in [1.29, 1.82) is 0 Å². The lowest BCUT2D eigenvalue weighted by molar-refractivity contribution is -0.140. The minimum absolute atomic E-state index is 0.00276. The van der Waals surface area contributed by atoms with Gasteiger partial charge in [-0.1, -0.05) is 30.4 Å². The van der Waals surface area contributed by atoms with E-state index in [0.717, 1.165) is 24.1 Å². The quantitative estimate of drug-likeness (QED) is 0.299. The van der Waals surface area contributed by atoms with Crippen LogP contribution in [0.2, 0.25) is 0 Å². The van der Waals surface area contributed by atoms with Crippen LogP contribution in [0.5, 0.6) is 0 Å². The molecule has 2 fully saturated rings. The predicted molar refractivity (Wildman–Crippen MR) is 121 cm³/mol. The minimum Gasteiger partial charge on any atom is -0.356 e. The number of carbonyl (C=O) groups is 2. The standard InChI is InChI=1S/C24H28N6O2/c1-25-24(26-10-9-16-14-28-30(15-16)19-5-3-2-4-6-19)27-11-12-29-22(31)20-17-7-8-18(13-17)21(20)23(29)32/h2-8,14-15,17-18,20-21H,9-13H2,1H3,(H2,25,26,27). The smallest absolute Gasteiger partial charge is 0.233 e. The molecule has 2 aromatic rings. The summed E-state index contributed by atoms with van der Waals surface area (Å²) in [5.41, 5.74) is 2.16. The van der Waals surface area contributed by atoms with Crippen LogP contribution in [0.25, 0.3) is 5.69 Å². The number of imide groups is 1. The average Bonchev–Trinajstić information content (AvgIpc) is 3.59. The number of carbonyl (C=O) groups excluding carboxylic acids is 2. The first kappa shape index (κ1) is 20.5. The van der Waals surface area contributed by atoms with Gasteiger partial charge < -0.3 is 10.6 Å². The van der Waals surface area contributed by atoms with Crippen molar-refractivity contribution in [2.45, 2.75) is 12.8 Å². The molecule has 5 rings (SSSR count). The highest BCUT2D eigenvalue weighted by atomic mass is 16.2. The Morgan fingerprint density at radius 3 is 2.44 bits per heavy atom. The Morgan fingerprint density at radius 2 is 1.75 bits per heavy atom. The maximum atomic E-state index is 12.8. The zero-order chi connectivity index (χ0) is 22.1. The first-order valence-electron chi connectivity index (χ1n) is 11.2. The molecule has 2 N–H and O–H groups in total. The minimum atomic E-state index is -0.133. The summed E-state index contributed by atoms with van der Waals surface area (Å²) in [5, 5.41) is 10.9. The van der Waals surface area contributed by atoms with Gasteiger partial charge in [0.25, 0.3) is 0 Å². The average molecular weight is 433 g/mol. The number of nitrogens with one attached hydrogen (secondary N) is 2. The summed E-state index contributed by atoms with van der Waals surface area (Å²) in [7, 11) is 1.71. The summed E-state index contributed by atoms with van der Waals surface area (Å²) in [6.45, 7) is 1.54. The summed E-state index contributed by atoms with van der Waals surface area (Å²) in [6.07, 6.45) is 9.89. The second-order valence-corrected chi connectivity index (χ2v) is 8.63. The Bertz CT molecular complexity index is 1030. The van der Waals surface area contributed by atoms with Gasteiger partial charge >= 0.3 is 0 Å². The molecule has 8 nitrogen and oxygen atoms in total. The predicted octanol–water partition coefficient (Wildman–Crippen LogP) is 1.39. The van der Waals surface area contributed by atoms with E-state index in [9.17, 15) is 9.59 Å². The molecule has 4 atom stereocenters. The fourth-order valence-corrected chi connectivity index (χ4v) is 5.23. The number of aromatic nitrogens is 2. The topological polar surface area (TPSA) is 91.6 Å². The highest BCUT2D eigenvalue weighted by Gasteiger charge is 2.58. The van der Waals surface area contributed by atoms with Gasteiger partial charge in [-0.05, 0) is 42.4 Å². The van der Waals surface area contributed by atoms with E-state index in [-0.39, 0.29) is 35.5 Å². The van der Waals surface area contributed by atoms with Gasteiger partial charge in [-0.15, -0.1) is 0 Å². The van der Waals surface area contributed by atoms with Crippen molar-refractivity contribution in [3.05, 3.63) is 60.4 Å². The molecule has 32 heavy (non-hydrogen) atoms. The van der Waals surface area contributed by atoms with Gasteiger partial charge in [-0.2, -0.15) is 5.10 Å². The summed E-state index contributed by atoms with van der Waals surface area (Å²) in [6, 6.07) is 10.0. The molecular formula is C24H28N6O2. The van der Waals surface area contributed by atoms with Gasteiger partial charge in [-0.3, -0.25) is 19.5 Å². The number of allylic oxidation sites excluding steroid dienone is 2. The van der Waals surface area contributed by atoms with Crippen LogP contribution >= 0.6 is 0 Å². The number of fused-ring (bicyclic) bond motifs is 5. The van der Waals surface area contributed by atoms with E-state index >= 15 is 0 Å². The highest BCUT2D eigenvalue weighted by Crippen LogP contribution is 2.52. The van der Waals surface area contributed by atoms with Crippen molar-refractivity contribution in [3.8, 4) is 5.69 Å². The van der Waals surface area contributed by atoms with Crippen LogP contribution < -0.4 is 10.6 Å². The zero-order valence-corrected chi connectivity index (χ0v) is 18.1. The maximum absolute atomic E-state index is 12.8. The molecule has 2 heterocycles. The molecule has 1 aliphatic heterocycles. The van der Waals surface area contributed by atoms with E-state index in [0.29, 0.717) is 25.6 Å². The van der Waals surface area contributed by atoms with Crippen molar-refractivity contribution in [3.63, 3.8) is 0 Å². The van der Waals surface area contributed by atoms with Crippen LogP contribution in [0, 0.1) is 23.7 Å². The number of amides is 2. The second-order valence-electron chi connectivity index (χ2n) is 8.63. The van der Waals surface area contributed by atoms with E-state index in [2.05, 4.69) is 32.9 Å². The van der Waals surface area contributed by atoms with Crippen molar-refractivity contribution < 1.29 is 9.59 Å². The Hall–Kier alpha value is -3.42. The van der Waals surface area contributed by atoms with Crippen LogP contribution in [0.3, 0.4) is 0 Å². The van der Waals surface area contributed by atoms with E-state index in [4.69, 9.17) is 0 Å². The Balaban J connectivity index is 1.07. The summed E-state index contributed by atoms with van der Waals surface area (Å²) in [5.74, 6) is 0.884. The molecular weight excluding hydrogens is 404 g/mol. The zero-order valence-electron chi connectivity index (χ0n) is 18.1. The number of hydrogen-bond acceptors (Lipinski definition) is 4. The molecule has 4 unspecified atom stereocenters. The van der Waals surface area contributed by atoms with E-state index in [1.165, 1.54) is 4.90 Å². The van der Waals surface area contributed by atoms with Gasteiger partial charge in [0.05, 0.1) is 23.7 Å². The largest absolute Gasteiger partial charge is 0.356 e. The molecule has 166 valence electrons. The Kier molecular flexibility index (Phi) is 5.51. The molecule has 0 spiro atoms. The van der Waals surface area contributed by atoms with Gasteiger partial charge in [0.1, 0.15) is 0 Å². The summed E-state index contributed by atoms with van der Waals surface area (Å²) >= 11 is 0. The van der Waals surface area contributed by atoms with E-state index in [1.807, 2.05) is 47.4 Å². The van der Waals surface area contributed by atoms with Crippen molar-refractivity contribution in [2.75, 3.05) is 26.7 Å². The molecule has 1 saturated carbocycles. The molecule has 1 aromatic carbocycles. The Morgan fingerprint density at radius 1 is 1.06 bits per heavy atom. The third-order valence-electron chi connectivity index (χ3n) is 6.78. The molecule has 2 aliphatic carbocycles. The summed E-state index contributed by atoms with van der Waals surface area (Å²) < 4.78 is 1.86. The number of aliphatic imine (C=N–C) groups is 1. The van der Waals surface area contributed by atoms with Crippen LogP contribution in [0.4, 0.5) is 0 Å². The number of hydrogen-bond donors (Lipinski definition) is 2. The molecule has 1 saturated heterocycles. The third-order valence-corrected chi connectivity index (χ3v) is 6.78.